The molecule has 1 aromatic carbocycles. The number of methoxy groups -OCH3 is 1. The minimum absolute atomic E-state index is 0.0536. The van der Waals surface area contributed by atoms with E-state index in [2.05, 4.69) is 10.3 Å². The van der Waals surface area contributed by atoms with Crippen LogP contribution in [0.3, 0.4) is 0 Å². The highest BCUT2D eigenvalue weighted by molar-refractivity contribution is 6.30. The van der Waals surface area contributed by atoms with Crippen LogP contribution >= 0.6 is 11.6 Å². The standard InChI is InChI=1S/C14H15ClFN3O2/c1-3-4-12-13(14(20)21-2)17-18-19(12)8-9-5-6-11(16)10(15)7-9/h5-7H,3-4,8H2,1-2H3. The van der Waals surface area contributed by atoms with Gasteiger partial charge in [0.1, 0.15) is 5.82 Å². The molecule has 0 bridgehead atoms. The van der Waals surface area contributed by atoms with E-state index in [9.17, 15) is 9.18 Å². The molecule has 0 spiro atoms. The van der Waals surface area contributed by atoms with Crippen molar-refractivity contribution in [3.05, 3.63) is 46.0 Å². The van der Waals surface area contributed by atoms with Gasteiger partial charge in [-0.3, -0.25) is 0 Å². The third-order valence-corrected chi connectivity index (χ3v) is 3.31. The van der Waals surface area contributed by atoms with E-state index < -0.39 is 11.8 Å². The lowest BCUT2D eigenvalue weighted by Crippen LogP contribution is -2.10. The molecule has 1 heterocycles. The number of halogens is 2. The predicted octanol–water partition coefficient (Wildman–Crippen LogP) is 2.86. The fraction of sp³-hybridized carbons (Fsp3) is 0.357. The van der Waals surface area contributed by atoms with Crippen LogP contribution < -0.4 is 0 Å². The molecule has 0 unspecified atom stereocenters. The number of esters is 1. The molecule has 0 aliphatic heterocycles. The van der Waals surface area contributed by atoms with Crippen LogP contribution in [0.4, 0.5) is 4.39 Å². The van der Waals surface area contributed by atoms with Gasteiger partial charge in [-0.2, -0.15) is 0 Å². The van der Waals surface area contributed by atoms with Crippen molar-refractivity contribution in [2.24, 2.45) is 0 Å². The quantitative estimate of drug-likeness (QED) is 0.797. The van der Waals surface area contributed by atoms with Gasteiger partial charge in [-0.1, -0.05) is 36.2 Å². The van der Waals surface area contributed by atoms with E-state index >= 15 is 0 Å². The molecule has 2 rings (SSSR count). The molecule has 21 heavy (non-hydrogen) atoms. The molecule has 0 aliphatic carbocycles. The number of carbonyl (C=O) groups is 1. The summed E-state index contributed by atoms with van der Waals surface area (Å²) in [4.78, 5) is 11.7. The molecule has 0 radical (unpaired) electrons. The maximum atomic E-state index is 13.2. The first-order valence-corrected chi connectivity index (χ1v) is 6.89. The van der Waals surface area contributed by atoms with E-state index in [0.717, 1.165) is 12.0 Å². The van der Waals surface area contributed by atoms with Gasteiger partial charge in [-0.05, 0) is 24.1 Å². The van der Waals surface area contributed by atoms with Crippen LogP contribution in [0.2, 0.25) is 5.02 Å². The molecule has 0 saturated carbocycles. The maximum Gasteiger partial charge on any atom is 0.360 e. The molecular formula is C14H15ClFN3O2. The molecule has 0 aliphatic rings. The highest BCUT2D eigenvalue weighted by Crippen LogP contribution is 2.18. The smallest absolute Gasteiger partial charge is 0.360 e. The van der Waals surface area contributed by atoms with Crippen molar-refractivity contribution in [3.63, 3.8) is 0 Å². The molecule has 0 amide bonds. The second kappa shape index (κ2) is 6.67. The first-order chi connectivity index (χ1) is 10.1. The number of ether oxygens (including phenoxy) is 1. The van der Waals surface area contributed by atoms with Crippen LogP contribution in [-0.4, -0.2) is 28.1 Å². The molecule has 0 saturated heterocycles. The average Bonchev–Trinajstić information content (AvgIpc) is 2.85. The molecule has 5 nitrogen and oxygen atoms in total. The Morgan fingerprint density at radius 1 is 1.48 bits per heavy atom. The molecule has 0 fully saturated rings. The lowest BCUT2D eigenvalue weighted by atomic mass is 10.2. The Morgan fingerprint density at radius 2 is 2.24 bits per heavy atom. The summed E-state index contributed by atoms with van der Waals surface area (Å²) in [6.45, 7) is 2.35. The zero-order chi connectivity index (χ0) is 15.4. The van der Waals surface area contributed by atoms with Crippen molar-refractivity contribution in [1.29, 1.82) is 0 Å². The molecule has 1 aromatic heterocycles. The lowest BCUT2D eigenvalue weighted by molar-refractivity contribution is 0.0592. The van der Waals surface area contributed by atoms with Gasteiger partial charge in [0.15, 0.2) is 5.69 Å². The Bertz CT molecular complexity index is 658. The van der Waals surface area contributed by atoms with E-state index in [1.807, 2.05) is 6.92 Å². The first kappa shape index (κ1) is 15.4. The zero-order valence-electron chi connectivity index (χ0n) is 11.8. The van der Waals surface area contributed by atoms with Crippen LogP contribution in [0.1, 0.15) is 35.1 Å². The summed E-state index contributed by atoms with van der Waals surface area (Å²) < 4.78 is 19.5. The highest BCUT2D eigenvalue weighted by atomic mass is 35.5. The number of hydrogen-bond donors (Lipinski definition) is 0. The number of carbonyl (C=O) groups excluding carboxylic acids is 1. The third-order valence-electron chi connectivity index (χ3n) is 3.02. The Balaban J connectivity index is 2.32. The Morgan fingerprint density at radius 3 is 2.86 bits per heavy atom. The zero-order valence-corrected chi connectivity index (χ0v) is 12.5. The lowest BCUT2D eigenvalue weighted by Gasteiger charge is -2.07. The average molecular weight is 312 g/mol. The van der Waals surface area contributed by atoms with Gasteiger partial charge in [-0.25, -0.2) is 13.9 Å². The van der Waals surface area contributed by atoms with E-state index in [4.69, 9.17) is 16.3 Å². The van der Waals surface area contributed by atoms with Crippen molar-refractivity contribution >= 4 is 17.6 Å². The van der Waals surface area contributed by atoms with Crippen LogP contribution in [0.25, 0.3) is 0 Å². The minimum Gasteiger partial charge on any atom is -0.464 e. The van der Waals surface area contributed by atoms with Gasteiger partial charge in [0.2, 0.25) is 0 Å². The Kier molecular flexibility index (Phi) is 4.90. The summed E-state index contributed by atoms with van der Waals surface area (Å²) in [6, 6.07) is 4.46. The summed E-state index contributed by atoms with van der Waals surface area (Å²) in [5, 5.41) is 7.91. The van der Waals surface area contributed by atoms with Crippen LogP contribution in [-0.2, 0) is 17.7 Å². The Labute approximate surface area is 126 Å². The topological polar surface area (TPSA) is 57.0 Å². The number of rotatable bonds is 5. The number of aromatic nitrogens is 3. The van der Waals surface area contributed by atoms with Crippen molar-refractivity contribution in [2.75, 3.05) is 7.11 Å². The largest absolute Gasteiger partial charge is 0.464 e. The summed E-state index contributed by atoms with van der Waals surface area (Å²) in [7, 11) is 1.30. The predicted molar refractivity (Wildman–Crippen MR) is 75.9 cm³/mol. The second-order valence-corrected chi connectivity index (χ2v) is 4.94. The van der Waals surface area contributed by atoms with Gasteiger partial charge < -0.3 is 4.74 Å². The number of nitrogens with zero attached hydrogens (tertiary/aromatic N) is 3. The minimum atomic E-state index is -0.512. The maximum absolute atomic E-state index is 13.2. The van der Waals surface area contributed by atoms with Crippen molar-refractivity contribution in [3.8, 4) is 0 Å². The highest BCUT2D eigenvalue weighted by Gasteiger charge is 2.19. The molecule has 0 N–H and O–H groups in total. The van der Waals surface area contributed by atoms with Crippen molar-refractivity contribution in [2.45, 2.75) is 26.3 Å². The summed E-state index contributed by atoms with van der Waals surface area (Å²) in [5.74, 6) is -0.982. The number of hydrogen-bond acceptors (Lipinski definition) is 4. The van der Waals surface area contributed by atoms with E-state index in [1.165, 1.54) is 19.2 Å². The molecule has 7 heteroatoms. The van der Waals surface area contributed by atoms with E-state index in [0.29, 0.717) is 18.7 Å². The first-order valence-electron chi connectivity index (χ1n) is 6.51. The van der Waals surface area contributed by atoms with Gasteiger partial charge in [0.25, 0.3) is 0 Å². The van der Waals surface area contributed by atoms with Crippen LogP contribution in [0.15, 0.2) is 18.2 Å². The third kappa shape index (κ3) is 3.39. The van der Waals surface area contributed by atoms with Crippen LogP contribution in [0, 0.1) is 5.82 Å². The summed E-state index contributed by atoms with van der Waals surface area (Å²) in [6.07, 6.45) is 1.48. The van der Waals surface area contributed by atoms with E-state index in [-0.39, 0.29) is 10.7 Å². The van der Waals surface area contributed by atoms with Crippen LogP contribution in [0.5, 0.6) is 0 Å². The summed E-state index contributed by atoms with van der Waals surface area (Å²) >= 11 is 5.76. The number of benzene rings is 1. The molecular weight excluding hydrogens is 297 g/mol. The fourth-order valence-corrected chi connectivity index (χ4v) is 2.21. The van der Waals surface area contributed by atoms with Gasteiger partial charge in [0.05, 0.1) is 24.4 Å². The SMILES string of the molecule is CCCc1c(C(=O)OC)nnn1Cc1ccc(F)c(Cl)c1. The molecule has 0 atom stereocenters. The van der Waals surface area contributed by atoms with Gasteiger partial charge in [-0.15, -0.1) is 5.10 Å². The van der Waals surface area contributed by atoms with Crippen molar-refractivity contribution in [1.82, 2.24) is 15.0 Å². The monoisotopic (exact) mass is 311 g/mol. The van der Waals surface area contributed by atoms with E-state index in [1.54, 1.807) is 10.7 Å². The normalized spacial score (nSPS) is 10.7. The molecule has 2 aromatic rings. The Hall–Kier alpha value is -1.95. The van der Waals surface area contributed by atoms with Crippen molar-refractivity contribution < 1.29 is 13.9 Å². The summed E-state index contributed by atoms with van der Waals surface area (Å²) in [5.41, 5.74) is 1.69. The van der Waals surface area contributed by atoms with Gasteiger partial charge in [0, 0.05) is 0 Å². The fourth-order valence-electron chi connectivity index (χ4n) is 2.01. The van der Waals surface area contributed by atoms with Gasteiger partial charge >= 0.3 is 5.97 Å². The second-order valence-electron chi connectivity index (χ2n) is 4.53. The molecule has 112 valence electrons.